The minimum absolute atomic E-state index is 0.0170. The molecule has 2 rings (SSSR count). The van der Waals surface area contributed by atoms with Crippen LogP contribution in [0.4, 0.5) is 0 Å². The number of hydrogen-bond acceptors (Lipinski definition) is 3. The van der Waals surface area contributed by atoms with Gasteiger partial charge in [-0.1, -0.05) is 13.8 Å². The van der Waals surface area contributed by atoms with Crippen molar-refractivity contribution < 1.29 is 9.90 Å². The molecule has 78 valence electrons. The van der Waals surface area contributed by atoms with Gasteiger partial charge in [-0.25, -0.2) is 14.3 Å². The maximum atomic E-state index is 10.7. The zero-order chi connectivity index (χ0) is 11.0. The van der Waals surface area contributed by atoms with Crippen LogP contribution in [-0.4, -0.2) is 25.7 Å². The highest BCUT2D eigenvalue weighted by atomic mass is 16.4. The van der Waals surface area contributed by atoms with Gasteiger partial charge in [-0.3, -0.25) is 0 Å². The van der Waals surface area contributed by atoms with Crippen molar-refractivity contribution in [2.45, 2.75) is 19.8 Å². The SMILES string of the molecule is CC(C)c1ccn2nc(C(=O)O)cc2n1. The fourth-order valence-corrected chi connectivity index (χ4v) is 1.32. The molecule has 5 heteroatoms. The molecule has 0 atom stereocenters. The number of rotatable bonds is 2. The highest BCUT2D eigenvalue weighted by molar-refractivity contribution is 5.86. The second-order valence-corrected chi connectivity index (χ2v) is 3.64. The molecule has 0 aliphatic carbocycles. The normalized spacial score (nSPS) is 11.1. The number of fused-ring (bicyclic) bond motifs is 1. The van der Waals surface area contributed by atoms with Crippen molar-refractivity contribution in [1.29, 1.82) is 0 Å². The van der Waals surface area contributed by atoms with Crippen LogP contribution in [0.1, 0.15) is 35.9 Å². The predicted molar refractivity (Wildman–Crippen MR) is 54.0 cm³/mol. The van der Waals surface area contributed by atoms with Gasteiger partial charge >= 0.3 is 5.97 Å². The van der Waals surface area contributed by atoms with Crippen molar-refractivity contribution >= 4 is 11.6 Å². The Balaban J connectivity index is 2.57. The van der Waals surface area contributed by atoms with Gasteiger partial charge in [0.05, 0.1) is 0 Å². The van der Waals surface area contributed by atoms with Crippen LogP contribution in [0.15, 0.2) is 18.3 Å². The van der Waals surface area contributed by atoms with Crippen molar-refractivity contribution in [3.8, 4) is 0 Å². The average Bonchev–Trinajstić information content (AvgIpc) is 2.59. The topological polar surface area (TPSA) is 67.5 Å². The van der Waals surface area contributed by atoms with E-state index in [1.165, 1.54) is 10.6 Å². The fourth-order valence-electron chi connectivity index (χ4n) is 1.32. The lowest BCUT2D eigenvalue weighted by atomic mass is 10.1. The van der Waals surface area contributed by atoms with Gasteiger partial charge in [-0.05, 0) is 12.0 Å². The van der Waals surface area contributed by atoms with Crippen LogP contribution in [0.5, 0.6) is 0 Å². The average molecular weight is 205 g/mol. The van der Waals surface area contributed by atoms with Crippen LogP contribution < -0.4 is 0 Å². The lowest BCUT2D eigenvalue weighted by Crippen LogP contribution is -1.98. The first-order valence-corrected chi connectivity index (χ1v) is 4.67. The molecule has 0 amide bonds. The largest absolute Gasteiger partial charge is 0.476 e. The zero-order valence-corrected chi connectivity index (χ0v) is 8.51. The third-order valence-electron chi connectivity index (χ3n) is 2.16. The smallest absolute Gasteiger partial charge is 0.356 e. The second-order valence-electron chi connectivity index (χ2n) is 3.64. The van der Waals surface area contributed by atoms with Gasteiger partial charge in [-0.15, -0.1) is 0 Å². The number of carboxylic acid groups (broad SMARTS) is 1. The Morgan fingerprint density at radius 3 is 2.87 bits per heavy atom. The molecule has 2 aromatic rings. The summed E-state index contributed by atoms with van der Waals surface area (Å²) in [7, 11) is 0. The van der Waals surface area contributed by atoms with Gasteiger partial charge in [0.15, 0.2) is 11.3 Å². The summed E-state index contributed by atoms with van der Waals surface area (Å²) in [4.78, 5) is 15.0. The van der Waals surface area contributed by atoms with E-state index in [9.17, 15) is 4.79 Å². The Morgan fingerprint density at radius 2 is 2.27 bits per heavy atom. The van der Waals surface area contributed by atoms with Gasteiger partial charge in [-0.2, -0.15) is 5.10 Å². The maximum Gasteiger partial charge on any atom is 0.356 e. The first-order chi connectivity index (χ1) is 7.08. The third kappa shape index (κ3) is 1.68. The number of hydrogen-bond donors (Lipinski definition) is 1. The molecule has 5 nitrogen and oxygen atoms in total. The summed E-state index contributed by atoms with van der Waals surface area (Å²) in [5, 5.41) is 12.6. The lowest BCUT2D eigenvalue weighted by Gasteiger charge is -2.02. The second kappa shape index (κ2) is 3.34. The third-order valence-corrected chi connectivity index (χ3v) is 2.16. The molecule has 1 N–H and O–H groups in total. The van der Waals surface area contributed by atoms with Crippen molar-refractivity contribution in [3.05, 3.63) is 29.7 Å². The molecular formula is C10H11N3O2. The summed E-state index contributed by atoms with van der Waals surface area (Å²) in [5.41, 5.74) is 1.52. The fraction of sp³-hybridized carbons (Fsp3) is 0.300. The van der Waals surface area contributed by atoms with Gasteiger partial charge in [0.1, 0.15) is 0 Å². The van der Waals surface area contributed by atoms with E-state index in [0.29, 0.717) is 11.6 Å². The summed E-state index contributed by atoms with van der Waals surface area (Å²) < 4.78 is 1.47. The lowest BCUT2D eigenvalue weighted by molar-refractivity contribution is 0.0690. The molecule has 0 unspecified atom stereocenters. The molecular weight excluding hydrogens is 194 g/mol. The summed E-state index contributed by atoms with van der Waals surface area (Å²) >= 11 is 0. The molecule has 0 fully saturated rings. The summed E-state index contributed by atoms with van der Waals surface area (Å²) in [6.45, 7) is 4.07. The Bertz CT molecular complexity index is 516. The molecule has 0 aromatic carbocycles. The van der Waals surface area contributed by atoms with E-state index < -0.39 is 5.97 Å². The monoisotopic (exact) mass is 205 g/mol. The molecule has 0 bridgehead atoms. The predicted octanol–water partition coefficient (Wildman–Crippen LogP) is 1.55. The molecule has 0 radical (unpaired) electrons. The number of aromatic nitrogens is 3. The van der Waals surface area contributed by atoms with Crippen LogP contribution >= 0.6 is 0 Å². The molecule has 15 heavy (non-hydrogen) atoms. The Kier molecular flexibility index (Phi) is 2.15. The van der Waals surface area contributed by atoms with E-state index in [1.54, 1.807) is 6.20 Å². The van der Waals surface area contributed by atoms with Gasteiger partial charge < -0.3 is 5.11 Å². The minimum atomic E-state index is -1.04. The quantitative estimate of drug-likeness (QED) is 0.807. The van der Waals surface area contributed by atoms with E-state index in [2.05, 4.69) is 10.1 Å². The molecule has 0 aliphatic rings. The Morgan fingerprint density at radius 1 is 1.53 bits per heavy atom. The highest BCUT2D eigenvalue weighted by Gasteiger charge is 2.10. The van der Waals surface area contributed by atoms with Crippen molar-refractivity contribution in [2.75, 3.05) is 0 Å². The highest BCUT2D eigenvalue weighted by Crippen LogP contribution is 2.12. The maximum absolute atomic E-state index is 10.7. The van der Waals surface area contributed by atoms with Crippen LogP contribution in [0, 0.1) is 0 Å². The van der Waals surface area contributed by atoms with Gasteiger partial charge in [0.2, 0.25) is 0 Å². The summed E-state index contributed by atoms with van der Waals surface area (Å²) in [5.74, 6) is -0.718. The molecule has 2 heterocycles. The van der Waals surface area contributed by atoms with Crippen molar-refractivity contribution in [2.24, 2.45) is 0 Å². The van der Waals surface area contributed by atoms with Crippen molar-refractivity contribution in [1.82, 2.24) is 14.6 Å². The van der Waals surface area contributed by atoms with E-state index in [1.807, 2.05) is 19.9 Å². The number of aromatic carboxylic acids is 1. The Labute approximate surface area is 86.4 Å². The molecule has 0 saturated carbocycles. The summed E-state index contributed by atoms with van der Waals surface area (Å²) in [6.07, 6.45) is 1.73. The first-order valence-electron chi connectivity index (χ1n) is 4.67. The zero-order valence-electron chi connectivity index (χ0n) is 8.51. The molecule has 0 saturated heterocycles. The minimum Gasteiger partial charge on any atom is -0.476 e. The van der Waals surface area contributed by atoms with E-state index >= 15 is 0 Å². The van der Waals surface area contributed by atoms with E-state index in [4.69, 9.17) is 5.11 Å². The van der Waals surface area contributed by atoms with Crippen molar-refractivity contribution in [3.63, 3.8) is 0 Å². The van der Waals surface area contributed by atoms with Crippen LogP contribution in [0.3, 0.4) is 0 Å². The molecule has 0 spiro atoms. The van der Waals surface area contributed by atoms with Crippen LogP contribution in [-0.2, 0) is 0 Å². The Hall–Kier alpha value is -1.91. The van der Waals surface area contributed by atoms with E-state index in [-0.39, 0.29) is 5.69 Å². The van der Waals surface area contributed by atoms with Crippen LogP contribution in [0.2, 0.25) is 0 Å². The standard InChI is InChI=1S/C10H11N3O2/c1-6(2)7-3-4-13-9(11-7)5-8(12-13)10(14)15/h3-6H,1-2H3,(H,14,15). The van der Waals surface area contributed by atoms with Gasteiger partial charge in [0, 0.05) is 18.0 Å². The molecule has 0 aliphatic heterocycles. The first kappa shape index (κ1) is 9.64. The van der Waals surface area contributed by atoms with E-state index in [0.717, 1.165) is 5.69 Å². The summed E-state index contributed by atoms with van der Waals surface area (Å²) in [6, 6.07) is 3.31. The van der Waals surface area contributed by atoms with Gasteiger partial charge in [0.25, 0.3) is 0 Å². The molecule has 2 aromatic heterocycles. The van der Waals surface area contributed by atoms with Crippen LogP contribution in [0.25, 0.3) is 5.65 Å². The number of nitrogens with zero attached hydrogens (tertiary/aromatic N) is 3. The number of carbonyl (C=O) groups is 1. The number of carboxylic acids is 1.